The Balaban J connectivity index is 1.86. The Bertz CT molecular complexity index is 530. The van der Waals surface area contributed by atoms with Crippen LogP contribution in [0.25, 0.3) is 0 Å². The molecule has 5 heteroatoms. The number of pyridine rings is 1. The van der Waals surface area contributed by atoms with E-state index in [2.05, 4.69) is 16.8 Å². The van der Waals surface area contributed by atoms with Crippen LogP contribution in [0.3, 0.4) is 0 Å². The van der Waals surface area contributed by atoms with Crippen molar-refractivity contribution in [3.05, 3.63) is 23.0 Å². The molecular weight excluding hydrogens is 254 g/mol. The smallest absolute Gasteiger partial charge is 0.267 e. The van der Waals surface area contributed by atoms with E-state index in [0.717, 1.165) is 49.0 Å². The predicted octanol–water partition coefficient (Wildman–Crippen LogP) is 1.35. The van der Waals surface area contributed by atoms with Gasteiger partial charge in [0.15, 0.2) is 0 Å². The molecule has 1 aromatic heterocycles. The Labute approximate surface area is 119 Å². The standard InChI is InChI=1S/C15H21N3O2/c1-10-3-2-5-18(8-10)9-11-7-13(15(16)19)17-12-4-6-20-14(11)12/h7,10H,2-6,8-9H2,1H3,(H2,16,19)/t10-/m0/s1. The lowest BCUT2D eigenvalue weighted by molar-refractivity contribution is 0.0995. The molecule has 0 saturated carbocycles. The van der Waals surface area contributed by atoms with E-state index in [9.17, 15) is 4.79 Å². The van der Waals surface area contributed by atoms with Crippen molar-refractivity contribution in [1.82, 2.24) is 9.88 Å². The Morgan fingerprint density at radius 1 is 1.60 bits per heavy atom. The molecule has 0 spiro atoms. The molecule has 1 amide bonds. The summed E-state index contributed by atoms with van der Waals surface area (Å²) in [4.78, 5) is 18.1. The second-order valence-electron chi connectivity index (χ2n) is 5.89. The molecule has 0 aliphatic carbocycles. The summed E-state index contributed by atoms with van der Waals surface area (Å²) in [6.07, 6.45) is 3.30. The zero-order chi connectivity index (χ0) is 14.1. The number of piperidine rings is 1. The lowest BCUT2D eigenvalue weighted by Crippen LogP contribution is -2.34. The number of hydrogen-bond acceptors (Lipinski definition) is 4. The molecule has 5 nitrogen and oxygen atoms in total. The van der Waals surface area contributed by atoms with Crippen molar-refractivity contribution in [2.75, 3.05) is 19.7 Å². The quantitative estimate of drug-likeness (QED) is 0.904. The van der Waals surface area contributed by atoms with E-state index in [-0.39, 0.29) is 0 Å². The Hall–Kier alpha value is -1.62. The fraction of sp³-hybridized carbons (Fsp3) is 0.600. The number of hydrogen-bond donors (Lipinski definition) is 1. The highest BCUT2D eigenvalue weighted by atomic mass is 16.5. The maximum absolute atomic E-state index is 11.4. The van der Waals surface area contributed by atoms with Gasteiger partial charge in [-0.05, 0) is 31.4 Å². The predicted molar refractivity (Wildman–Crippen MR) is 75.6 cm³/mol. The fourth-order valence-electron chi connectivity index (χ4n) is 3.15. The molecule has 20 heavy (non-hydrogen) atoms. The lowest BCUT2D eigenvalue weighted by atomic mass is 9.99. The molecule has 3 heterocycles. The summed E-state index contributed by atoms with van der Waals surface area (Å²) < 4.78 is 5.69. The van der Waals surface area contributed by atoms with Gasteiger partial charge in [0.25, 0.3) is 5.91 Å². The molecule has 0 bridgehead atoms. The maximum Gasteiger partial charge on any atom is 0.267 e. The van der Waals surface area contributed by atoms with Gasteiger partial charge < -0.3 is 10.5 Å². The SMILES string of the molecule is C[C@H]1CCCN(Cc2cc(C(N)=O)nc3c2OCC3)C1. The highest BCUT2D eigenvalue weighted by molar-refractivity contribution is 5.91. The Morgan fingerprint density at radius 3 is 3.20 bits per heavy atom. The lowest BCUT2D eigenvalue weighted by Gasteiger charge is -2.31. The van der Waals surface area contributed by atoms with Gasteiger partial charge in [0.1, 0.15) is 11.4 Å². The number of nitrogens with two attached hydrogens (primary N) is 1. The van der Waals surface area contributed by atoms with Gasteiger partial charge in [0, 0.05) is 25.1 Å². The first-order chi connectivity index (χ1) is 9.63. The summed E-state index contributed by atoms with van der Waals surface area (Å²) in [6.45, 7) is 5.95. The molecule has 0 aromatic carbocycles. The van der Waals surface area contributed by atoms with Crippen LogP contribution in [0.4, 0.5) is 0 Å². The summed E-state index contributed by atoms with van der Waals surface area (Å²) in [5, 5.41) is 0. The normalized spacial score (nSPS) is 22.4. The third kappa shape index (κ3) is 2.63. The van der Waals surface area contributed by atoms with Gasteiger partial charge in [-0.25, -0.2) is 4.98 Å². The minimum Gasteiger partial charge on any atom is -0.491 e. The minimum absolute atomic E-state index is 0.356. The van der Waals surface area contributed by atoms with Gasteiger partial charge in [-0.2, -0.15) is 0 Å². The highest BCUT2D eigenvalue weighted by Gasteiger charge is 2.24. The van der Waals surface area contributed by atoms with Crippen molar-refractivity contribution >= 4 is 5.91 Å². The number of amides is 1. The summed E-state index contributed by atoms with van der Waals surface area (Å²) in [6, 6.07) is 1.80. The monoisotopic (exact) mass is 275 g/mol. The van der Waals surface area contributed by atoms with Gasteiger partial charge in [0.2, 0.25) is 0 Å². The van der Waals surface area contributed by atoms with Crippen LogP contribution >= 0.6 is 0 Å². The van der Waals surface area contributed by atoms with Crippen molar-refractivity contribution in [2.45, 2.75) is 32.7 Å². The number of primary amides is 1. The summed E-state index contributed by atoms with van der Waals surface area (Å²) >= 11 is 0. The van der Waals surface area contributed by atoms with Crippen LogP contribution in [0.2, 0.25) is 0 Å². The molecule has 0 radical (unpaired) electrons. The molecule has 1 aromatic rings. The van der Waals surface area contributed by atoms with Crippen molar-refractivity contribution in [1.29, 1.82) is 0 Å². The van der Waals surface area contributed by atoms with Crippen LogP contribution in [0.5, 0.6) is 5.75 Å². The van der Waals surface area contributed by atoms with Crippen LogP contribution in [0.1, 0.15) is 41.5 Å². The largest absolute Gasteiger partial charge is 0.491 e. The van der Waals surface area contributed by atoms with Gasteiger partial charge in [0.05, 0.1) is 12.3 Å². The second-order valence-corrected chi connectivity index (χ2v) is 5.89. The number of aromatic nitrogens is 1. The van der Waals surface area contributed by atoms with Crippen molar-refractivity contribution < 1.29 is 9.53 Å². The van der Waals surface area contributed by atoms with Crippen LogP contribution in [0, 0.1) is 5.92 Å². The molecule has 2 N–H and O–H groups in total. The zero-order valence-corrected chi connectivity index (χ0v) is 11.9. The Morgan fingerprint density at radius 2 is 2.45 bits per heavy atom. The van der Waals surface area contributed by atoms with E-state index in [0.29, 0.717) is 12.3 Å². The van der Waals surface area contributed by atoms with Crippen LogP contribution < -0.4 is 10.5 Å². The third-order valence-electron chi connectivity index (χ3n) is 4.09. The van der Waals surface area contributed by atoms with Crippen molar-refractivity contribution in [3.63, 3.8) is 0 Å². The third-order valence-corrected chi connectivity index (χ3v) is 4.09. The first kappa shape index (κ1) is 13.4. The van der Waals surface area contributed by atoms with E-state index >= 15 is 0 Å². The van der Waals surface area contributed by atoms with Crippen LogP contribution in [-0.2, 0) is 13.0 Å². The maximum atomic E-state index is 11.4. The second kappa shape index (κ2) is 5.40. The highest BCUT2D eigenvalue weighted by Crippen LogP contribution is 2.30. The Kier molecular flexibility index (Phi) is 3.61. The number of carbonyl (C=O) groups excluding carboxylic acids is 1. The van der Waals surface area contributed by atoms with Crippen LogP contribution in [0.15, 0.2) is 6.07 Å². The van der Waals surface area contributed by atoms with Gasteiger partial charge >= 0.3 is 0 Å². The van der Waals surface area contributed by atoms with E-state index in [1.165, 1.54) is 12.8 Å². The van der Waals surface area contributed by atoms with Gasteiger partial charge in [-0.1, -0.05) is 6.92 Å². The minimum atomic E-state index is -0.465. The molecule has 1 fully saturated rings. The van der Waals surface area contributed by atoms with E-state index in [4.69, 9.17) is 10.5 Å². The number of ether oxygens (including phenoxy) is 1. The molecule has 1 atom stereocenters. The molecule has 2 aliphatic heterocycles. The van der Waals surface area contributed by atoms with Crippen molar-refractivity contribution in [2.24, 2.45) is 11.7 Å². The molecule has 0 unspecified atom stereocenters. The molecule has 1 saturated heterocycles. The van der Waals surface area contributed by atoms with E-state index in [1.807, 2.05) is 0 Å². The van der Waals surface area contributed by atoms with Crippen molar-refractivity contribution in [3.8, 4) is 5.75 Å². The van der Waals surface area contributed by atoms with Gasteiger partial charge in [-0.15, -0.1) is 0 Å². The van der Waals surface area contributed by atoms with Crippen LogP contribution in [-0.4, -0.2) is 35.5 Å². The first-order valence-corrected chi connectivity index (χ1v) is 7.31. The topological polar surface area (TPSA) is 68.5 Å². The summed E-state index contributed by atoms with van der Waals surface area (Å²) in [5.74, 6) is 1.14. The fourth-order valence-corrected chi connectivity index (χ4v) is 3.15. The number of likely N-dealkylation sites (tertiary alicyclic amines) is 1. The van der Waals surface area contributed by atoms with E-state index < -0.39 is 5.91 Å². The molecule has 2 aliphatic rings. The van der Waals surface area contributed by atoms with Gasteiger partial charge in [-0.3, -0.25) is 9.69 Å². The zero-order valence-electron chi connectivity index (χ0n) is 11.9. The molecule has 3 rings (SSSR count). The summed E-state index contributed by atoms with van der Waals surface area (Å²) in [5.41, 5.74) is 7.66. The number of rotatable bonds is 3. The number of fused-ring (bicyclic) bond motifs is 1. The van der Waals surface area contributed by atoms with E-state index in [1.54, 1.807) is 6.07 Å². The average molecular weight is 275 g/mol. The molecule has 108 valence electrons. The number of nitrogens with zero attached hydrogens (tertiary/aromatic N) is 2. The average Bonchev–Trinajstić information content (AvgIpc) is 2.87. The summed E-state index contributed by atoms with van der Waals surface area (Å²) in [7, 11) is 0. The first-order valence-electron chi connectivity index (χ1n) is 7.31. The number of carbonyl (C=O) groups is 1. The molecular formula is C15H21N3O2.